The van der Waals surface area contributed by atoms with Crippen LogP contribution < -0.4 is 5.32 Å². The van der Waals surface area contributed by atoms with Crippen molar-refractivity contribution in [1.82, 2.24) is 0 Å². The molecule has 5 nitrogen and oxygen atoms in total. The SMILES string of the molecule is Cc1ccc(S(=O)(=O)CC(=O)OC(C)(C)C2CC[NH2+]CC2)cc1. The van der Waals surface area contributed by atoms with Crippen molar-refractivity contribution in [3.8, 4) is 0 Å². The van der Waals surface area contributed by atoms with Crippen LogP contribution in [0.1, 0.15) is 32.3 Å². The van der Waals surface area contributed by atoms with Gasteiger partial charge in [-0.1, -0.05) is 17.7 Å². The molecule has 128 valence electrons. The molecule has 2 rings (SSSR count). The van der Waals surface area contributed by atoms with Crippen LogP contribution in [-0.4, -0.2) is 38.8 Å². The molecule has 0 unspecified atom stereocenters. The molecule has 0 spiro atoms. The van der Waals surface area contributed by atoms with E-state index in [4.69, 9.17) is 4.74 Å². The van der Waals surface area contributed by atoms with E-state index in [-0.39, 0.29) is 10.8 Å². The number of nitrogens with two attached hydrogens (primary N) is 1. The summed E-state index contributed by atoms with van der Waals surface area (Å²) in [5, 5.41) is 2.25. The van der Waals surface area contributed by atoms with Crippen molar-refractivity contribution in [3.63, 3.8) is 0 Å². The van der Waals surface area contributed by atoms with Crippen molar-refractivity contribution >= 4 is 15.8 Å². The van der Waals surface area contributed by atoms with Crippen LogP contribution >= 0.6 is 0 Å². The van der Waals surface area contributed by atoms with Crippen molar-refractivity contribution in [3.05, 3.63) is 29.8 Å². The van der Waals surface area contributed by atoms with Crippen LogP contribution in [0.4, 0.5) is 0 Å². The van der Waals surface area contributed by atoms with Crippen LogP contribution in [0.25, 0.3) is 0 Å². The second-order valence-electron chi connectivity index (χ2n) is 6.79. The van der Waals surface area contributed by atoms with E-state index in [0.29, 0.717) is 0 Å². The smallest absolute Gasteiger partial charge is 0.322 e. The number of sulfone groups is 1. The number of quaternary nitrogens is 1. The van der Waals surface area contributed by atoms with Gasteiger partial charge in [-0.05, 0) is 32.9 Å². The number of benzene rings is 1. The lowest BCUT2D eigenvalue weighted by molar-refractivity contribution is -0.665. The van der Waals surface area contributed by atoms with E-state index in [1.54, 1.807) is 12.1 Å². The average molecular weight is 340 g/mol. The Kier molecular flexibility index (Phi) is 5.47. The zero-order valence-electron chi connectivity index (χ0n) is 14.0. The minimum absolute atomic E-state index is 0.158. The lowest BCUT2D eigenvalue weighted by Gasteiger charge is -2.35. The molecule has 0 aliphatic carbocycles. The molecule has 1 saturated heterocycles. The first-order valence-electron chi connectivity index (χ1n) is 8.04. The van der Waals surface area contributed by atoms with E-state index in [0.717, 1.165) is 31.5 Å². The Morgan fingerprint density at radius 3 is 2.35 bits per heavy atom. The predicted molar refractivity (Wildman–Crippen MR) is 87.8 cm³/mol. The molecule has 1 aliphatic heterocycles. The highest BCUT2D eigenvalue weighted by molar-refractivity contribution is 7.92. The van der Waals surface area contributed by atoms with Crippen molar-refractivity contribution in [1.29, 1.82) is 0 Å². The van der Waals surface area contributed by atoms with E-state index in [9.17, 15) is 13.2 Å². The topological polar surface area (TPSA) is 77.0 Å². The van der Waals surface area contributed by atoms with Gasteiger partial charge >= 0.3 is 5.97 Å². The average Bonchev–Trinajstić information content (AvgIpc) is 2.47. The summed E-state index contributed by atoms with van der Waals surface area (Å²) in [7, 11) is -3.66. The molecule has 2 N–H and O–H groups in total. The first-order valence-corrected chi connectivity index (χ1v) is 9.69. The number of carbonyl (C=O) groups excluding carboxylic acids is 1. The monoisotopic (exact) mass is 340 g/mol. The molecule has 0 radical (unpaired) electrons. The van der Waals surface area contributed by atoms with Crippen LogP contribution in [0.5, 0.6) is 0 Å². The second kappa shape index (κ2) is 7.01. The number of rotatable bonds is 5. The van der Waals surface area contributed by atoms with Gasteiger partial charge in [0.1, 0.15) is 5.60 Å². The third-order valence-electron chi connectivity index (χ3n) is 4.49. The zero-order valence-corrected chi connectivity index (χ0v) is 14.9. The Labute approximate surface area is 138 Å². The Morgan fingerprint density at radius 1 is 1.22 bits per heavy atom. The van der Waals surface area contributed by atoms with E-state index in [1.165, 1.54) is 12.1 Å². The highest BCUT2D eigenvalue weighted by Crippen LogP contribution is 2.28. The minimum atomic E-state index is -3.66. The number of aryl methyl sites for hydroxylation is 1. The van der Waals surface area contributed by atoms with Gasteiger partial charge in [0.25, 0.3) is 0 Å². The van der Waals surface area contributed by atoms with Crippen molar-refractivity contribution < 1.29 is 23.3 Å². The molecule has 0 amide bonds. The van der Waals surface area contributed by atoms with Gasteiger partial charge in [0.15, 0.2) is 15.6 Å². The summed E-state index contributed by atoms with van der Waals surface area (Å²) < 4.78 is 30.1. The zero-order chi connectivity index (χ0) is 17.1. The lowest BCUT2D eigenvalue weighted by Crippen LogP contribution is -2.86. The van der Waals surface area contributed by atoms with Gasteiger partial charge in [-0.2, -0.15) is 0 Å². The summed E-state index contributed by atoms with van der Waals surface area (Å²) in [6.07, 6.45) is 1.95. The van der Waals surface area contributed by atoms with Crippen LogP contribution in [0.15, 0.2) is 29.2 Å². The molecule has 0 bridgehead atoms. The van der Waals surface area contributed by atoms with Crippen molar-refractivity contribution in [2.45, 2.75) is 44.1 Å². The normalized spacial score (nSPS) is 17.0. The van der Waals surface area contributed by atoms with E-state index >= 15 is 0 Å². The summed E-state index contributed by atoms with van der Waals surface area (Å²) in [5.74, 6) is -1.01. The fourth-order valence-corrected chi connectivity index (χ4v) is 4.10. The van der Waals surface area contributed by atoms with Gasteiger partial charge in [-0.3, -0.25) is 4.79 Å². The van der Waals surface area contributed by atoms with Gasteiger partial charge in [-0.25, -0.2) is 8.42 Å². The van der Waals surface area contributed by atoms with Crippen molar-refractivity contribution in [2.75, 3.05) is 18.8 Å². The van der Waals surface area contributed by atoms with Gasteiger partial charge in [-0.15, -0.1) is 0 Å². The standard InChI is InChI=1S/C17H25NO4S/c1-13-4-6-15(7-5-13)23(20,21)12-16(19)22-17(2,3)14-8-10-18-11-9-14/h4-7,14,18H,8-12H2,1-3H3/p+1. The highest BCUT2D eigenvalue weighted by Gasteiger charge is 2.36. The summed E-state index contributed by atoms with van der Waals surface area (Å²) in [6, 6.07) is 6.50. The fraction of sp³-hybridized carbons (Fsp3) is 0.588. The highest BCUT2D eigenvalue weighted by atomic mass is 32.2. The van der Waals surface area contributed by atoms with Crippen LogP contribution in [0, 0.1) is 12.8 Å². The number of ether oxygens (including phenoxy) is 1. The van der Waals surface area contributed by atoms with Crippen molar-refractivity contribution in [2.24, 2.45) is 5.92 Å². The number of hydrogen-bond donors (Lipinski definition) is 1. The first-order chi connectivity index (χ1) is 10.7. The Bertz CT molecular complexity index is 644. The van der Waals surface area contributed by atoms with Crippen LogP contribution in [-0.2, 0) is 19.4 Å². The molecule has 1 aromatic carbocycles. The number of carbonyl (C=O) groups is 1. The van der Waals surface area contributed by atoms with Gasteiger partial charge in [0.2, 0.25) is 0 Å². The van der Waals surface area contributed by atoms with Crippen LogP contribution in [0.2, 0.25) is 0 Å². The Balaban J connectivity index is 2.01. The molecule has 1 heterocycles. The Morgan fingerprint density at radius 2 is 1.78 bits per heavy atom. The number of hydrogen-bond acceptors (Lipinski definition) is 4. The molecule has 1 fully saturated rings. The maximum Gasteiger partial charge on any atom is 0.322 e. The van der Waals surface area contributed by atoms with E-state index < -0.39 is 27.2 Å². The maximum atomic E-state index is 12.3. The molecular formula is C17H26NO4S+. The molecule has 6 heteroatoms. The van der Waals surface area contributed by atoms with Crippen LogP contribution in [0.3, 0.4) is 0 Å². The predicted octanol–water partition coefficient (Wildman–Crippen LogP) is 1.06. The molecule has 0 aromatic heterocycles. The summed E-state index contributed by atoms with van der Waals surface area (Å²) in [6.45, 7) is 7.67. The molecule has 0 atom stereocenters. The molecular weight excluding hydrogens is 314 g/mol. The number of esters is 1. The first kappa shape index (κ1) is 17.9. The number of piperidine rings is 1. The molecule has 0 saturated carbocycles. The largest absolute Gasteiger partial charge is 0.459 e. The summed E-state index contributed by atoms with van der Waals surface area (Å²) in [4.78, 5) is 12.3. The quantitative estimate of drug-likeness (QED) is 0.813. The van der Waals surface area contributed by atoms with Gasteiger partial charge in [0, 0.05) is 18.8 Å². The second-order valence-corrected chi connectivity index (χ2v) is 8.78. The maximum absolute atomic E-state index is 12.3. The summed E-state index contributed by atoms with van der Waals surface area (Å²) in [5.41, 5.74) is 0.343. The third-order valence-corrected chi connectivity index (χ3v) is 6.09. The minimum Gasteiger partial charge on any atom is -0.459 e. The Hall–Kier alpha value is -1.40. The molecule has 1 aliphatic rings. The lowest BCUT2D eigenvalue weighted by atomic mass is 9.83. The van der Waals surface area contributed by atoms with E-state index in [1.807, 2.05) is 20.8 Å². The van der Waals surface area contributed by atoms with E-state index in [2.05, 4.69) is 5.32 Å². The van der Waals surface area contributed by atoms with Gasteiger partial charge < -0.3 is 10.1 Å². The molecule has 1 aromatic rings. The van der Waals surface area contributed by atoms with Gasteiger partial charge in [0.05, 0.1) is 18.0 Å². The molecule has 23 heavy (non-hydrogen) atoms. The summed E-state index contributed by atoms with van der Waals surface area (Å²) >= 11 is 0. The third kappa shape index (κ3) is 4.78. The fourth-order valence-electron chi connectivity index (χ4n) is 3.01.